The molecule has 0 aliphatic rings. The summed E-state index contributed by atoms with van der Waals surface area (Å²) in [6.45, 7) is 1.65. The number of rotatable bonds is 3. The summed E-state index contributed by atoms with van der Waals surface area (Å²) in [5.74, 6) is -0.797. The van der Waals surface area contributed by atoms with Gasteiger partial charge in [-0.1, -0.05) is 6.07 Å². The quantitative estimate of drug-likeness (QED) is 0.832. The van der Waals surface area contributed by atoms with Crippen LogP contribution in [0.1, 0.15) is 15.9 Å². The molecule has 2 rings (SSSR count). The van der Waals surface area contributed by atoms with Crippen LogP contribution in [0.4, 0.5) is 10.1 Å². The molecule has 3 N–H and O–H groups in total. The van der Waals surface area contributed by atoms with Crippen LogP contribution in [0.15, 0.2) is 36.4 Å². The van der Waals surface area contributed by atoms with Gasteiger partial charge in [0.15, 0.2) is 0 Å². The molecule has 0 fully saturated rings. The first-order chi connectivity index (χ1) is 8.97. The Morgan fingerprint density at radius 1 is 1.21 bits per heavy atom. The molecular weight excluding hydrogens is 249 g/mol. The molecule has 5 heteroatoms. The van der Waals surface area contributed by atoms with Gasteiger partial charge in [0.25, 0.3) is 0 Å². The predicted octanol–water partition coefficient (Wildman–Crippen LogP) is 3.21. The van der Waals surface area contributed by atoms with E-state index in [-0.39, 0.29) is 17.1 Å². The van der Waals surface area contributed by atoms with Crippen LogP contribution in [0.25, 0.3) is 0 Å². The molecule has 0 aliphatic heterocycles. The van der Waals surface area contributed by atoms with Crippen LogP contribution in [-0.4, -0.2) is 11.1 Å². The van der Waals surface area contributed by atoms with Crippen molar-refractivity contribution < 1.29 is 19.0 Å². The summed E-state index contributed by atoms with van der Waals surface area (Å²) >= 11 is 0. The van der Waals surface area contributed by atoms with Gasteiger partial charge >= 0.3 is 5.97 Å². The van der Waals surface area contributed by atoms with Gasteiger partial charge in [0.05, 0.1) is 5.56 Å². The lowest BCUT2D eigenvalue weighted by atomic mass is 10.2. The van der Waals surface area contributed by atoms with E-state index in [4.69, 9.17) is 15.6 Å². The number of halogens is 1. The van der Waals surface area contributed by atoms with E-state index >= 15 is 0 Å². The summed E-state index contributed by atoms with van der Waals surface area (Å²) in [6, 6.07) is 8.69. The highest BCUT2D eigenvalue weighted by atomic mass is 19.1. The van der Waals surface area contributed by atoms with E-state index in [1.165, 1.54) is 24.3 Å². The van der Waals surface area contributed by atoms with Crippen molar-refractivity contribution in [1.82, 2.24) is 0 Å². The zero-order valence-electron chi connectivity index (χ0n) is 10.2. The Morgan fingerprint density at radius 2 is 1.84 bits per heavy atom. The molecule has 0 atom stereocenters. The number of nitrogen functional groups attached to an aromatic ring is 1. The monoisotopic (exact) mass is 261 g/mol. The van der Waals surface area contributed by atoms with Crippen LogP contribution >= 0.6 is 0 Å². The number of carbonyl (C=O) groups is 1. The van der Waals surface area contributed by atoms with Gasteiger partial charge in [-0.25, -0.2) is 9.18 Å². The van der Waals surface area contributed by atoms with Gasteiger partial charge in [-0.05, 0) is 30.7 Å². The summed E-state index contributed by atoms with van der Waals surface area (Å²) < 4.78 is 18.8. The lowest BCUT2D eigenvalue weighted by molar-refractivity contribution is 0.0698. The molecule has 0 heterocycles. The van der Waals surface area contributed by atoms with Crippen molar-refractivity contribution in [2.24, 2.45) is 0 Å². The zero-order valence-corrected chi connectivity index (χ0v) is 10.2. The Labute approximate surface area is 109 Å². The third-order valence-electron chi connectivity index (χ3n) is 2.63. The van der Waals surface area contributed by atoms with Crippen LogP contribution in [-0.2, 0) is 0 Å². The molecule has 2 aromatic carbocycles. The standard InChI is InChI=1S/C14H12FNO3/c1-8-2-3-9(6-12(8)15)19-10-4-5-11(14(17)18)13(16)7-10/h2-7H,16H2,1H3,(H,17,18). The highest BCUT2D eigenvalue weighted by Gasteiger charge is 2.09. The number of ether oxygens (including phenoxy) is 1. The smallest absolute Gasteiger partial charge is 0.337 e. The SMILES string of the molecule is Cc1ccc(Oc2ccc(C(=O)O)c(N)c2)cc1F. The molecule has 2 aromatic rings. The summed E-state index contributed by atoms with van der Waals surface area (Å²) in [6.07, 6.45) is 0. The minimum Gasteiger partial charge on any atom is -0.478 e. The topological polar surface area (TPSA) is 72.5 Å². The first kappa shape index (κ1) is 12.9. The van der Waals surface area contributed by atoms with Gasteiger partial charge in [0, 0.05) is 17.8 Å². The highest BCUT2D eigenvalue weighted by Crippen LogP contribution is 2.26. The lowest BCUT2D eigenvalue weighted by Gasteiger charge is -2.08. The molecule has 0 aromatic heterocycles. The number of carboxylic acid groups (broad SMARTS) is 1. The van der Waals surface area contributed by atoms with Crippen molar-refractivity contribution in [3.05, 3.63) is 53.3 Å². The second kappa shape index (κ2) is 4.97. The second-order valence-electron chi connectivity index (χ2n) is 4.07. The maximum absolute atomic E-state index is 13.3. The highest BCUT2D eigenvalue weighted by molar-refractivity contribution is 5.93. The van der Waals surface area contributed by atoms with E-state index < -0.39 is 5.97 Å². The molecule has 0 saturated carbocycles. The average Bonchev–Trinajstić information content (AvgIpc) is 2.33. The Hall–Kier alpha value is -2.56. The number of nitrogens with two attached hydrogens (primary N) is 1. The van der Waals surface area contributed by atoms with E-state index in [1.807, 2.05) is 0 Å². The molecule has 0 radical (unpaired) electrons. The molecule has 19 heavy (non-hydrogen) atoms. The third-order valence-corrected chi connectivity index (χ3v) is 2.63. The zero-order chi connectivity index (χ0) is 14.0. The minimum absolute atomic E-state index is 0.00226. The number of hydrogen-bond donors (Lipinski definition) is 2. The molecule has 0 amide bonds. The first-order valence-corrected chi connectivity index (χ1v) is 5.54. The normalized spacial score (nSPS) is 10.2. The number of benzene rings is 2. The van der Waals surface area contributed by atoms with Gasteiger partial charge in [0.2, 0.25) is 0 Å². The number of anilines is 1. The second-order valence-corrected chi connectivity index (χ2v) is 4.07. The van der Waals surface area contributed by atoms with Crippen molar-refractivity contribution in [3.63, 3.8) is 0 Å². The van der Waals surface area contributed by atoms with E-state index in [2.05, 4.69) is 0 Å². The molecule has 0 spiro atoms. The van der Waals surface area contributed by atoms with Crippen molar-refractivity contribution in [3.8, 4) is 11.5 Å². The van der Waals surface area contributed by atoms with Crippen LogP contribution in [0.3, 0.4) is 0 Å². The Morgan fingerprint density at radius 3 is 2.42 bits per heavy atom. The average molecular weight is 261 g/mol. The molecule has 0 bridgehead atoms. The van der Waals surface area contributed by atoms with Gasteiger partial charge in [0.1, 0.15) is 17.3 Å². The fraction of sp³-hybridized carbons (Fsp3) is 0.0714. The minimum atomic E-state index is -1.11. The molecule has 98 valence electrons. The van der Waals surface area contributed by atoms with Crippen molar-refractivity contribution in [2.75, 3.05) is 5.73 Å². The Bertz CT molecular complexity index is 641. The molecule has 0 aliphatic carbocycles. The van der Waals surface area contributed by atoms with Crippen LogP contribution in [0, 0.1) is 12.7 Å². The molecular formula is C14H12FNO3. The number of carboxylic acids is 1. The fourth-order valence-corrected chi connectivity index (χ4v) is 1.57. The number of aryl methyl sites for hydroxylation is 1. The van der Waals surface area contributed by atoms with Crippen LogP contribution < -0.4 is 10.5 Å². The summed E-state index contributed by atoms with van der Waals surface area (Å²) in [5.41, 5.74) is 6.21. The summed E-state index contributed by atoms with van der Waals surface area (Å²) in [5, 5.41) is 8.84. The lowest BCUT2D eigenvalue weighted by Crippen LogP contribution is -2.02. The Balaban J connectivity index is 2.26. The van der Waals surface area contributed by atoms with Crippen LogP contribution in [0.5, 0.6) is 11.5 Å². The fourth-order valence-electron chi connectivity index (χ4n) is 1.57. The van der Waals surface area contributed by atoms with Crippen LogP contribution in [0.2, 0.25) is 0 Å². The van der Waals surface area contributed by atoms with E-state index in [0.717, 1.165) is 0 Å². The van der Waals surface area contributed by atoms with Gasteiger partial charge in [-0.2, -0.15) is 0 Å². The summed E-state index contributed by atoms with van der Waals surface area (Å²) in [4.78, 5) is 10.8. The maximum atomic E-state index is 13.3. The first-order valence-electron chi connectivity index (χ1n) is 5.54. The largest absolute Gasteiger partial charge is 0.478 e. The van der Waals surface area contributed by atoms with E-state index in [1.54, 1.807) is 19.1 Å². The maximum Gasteiger partial charge on any atom is 0.337 e. The predicted molar refractivity (Wildman–Crippen MR) is 69.0 cm³/mol. The molecule has 4 nitrogen and oxygen atoms in total. The van der Waals surface area contributed by atoms with Crippen molar-refractivity contribution >= 4 is 11.7 Å². The van der Waals surface area contributed by atoms with Crippen molar-refractivity contribution in [1.29, 1.82) is 0 Å². The Kier molecular flexibility index (Phi) is 3.37. The summed E-state index contributed by atoms with van der Waals surface area (Å²) in [7, 11) is 0. The van der Waals surface area contributed by atoms with E-state index in [9.17, 15) is 9.18 Å². The molecule has 0 unspecified atom stereocenters. The van der Waals surface area contributed by atoms with E-state index in [0.29, 0.717) is 17.1 Å². The molecule has 0 saturated heterocycles. The number of aromatic carboxylic acids is 1. The van der Waals surface area contributed by atoms with Crippen molar-refractivity contribution in [2.45, 2.75) is 6.92 Å². The number of hydrogen-bond acceptors (Lipinski definition) is 3. The third kappa shape index (κ3) is 2.82. The van der Waals surface area contributed by atoms with Gasteiger partial charge in [-0.3, -0.25) is 0 Å². The van der Waals surface area contributed by atoms with Gasteiger partial charge < -0.3 is 15.6 Å². The van der Waals surface area contributed by atoms with Gasteiger partial charge in [-0.15, -0.1) is 0 Å².